The Bertz CT molecular complexity index is 450. The molecule has 0 radical (unpaired) electrons. The van der Waals surface area contributed by atoms with Crippen LogP contribution in [-0.2, 0) is 13.2 Å². The van der Waals surface area contributed by atoms with Gasteiger partial charge in [-0.2, -0.15) is 0 Å². The summed E-state index contributed by atoms with van der Waals surface area (Å²) in [7, 11) is 0. The zero-order valence-corrected chi connectivity index (χ0v) is 9.41. The van der Waals surface area contributed by atoms with Gasteiger partial charge < -0.3 is 19.0 Å². The lowest BCUT2D eigenvalue weighted by Gasteiger charge is -1.82. The second kappa shape index (κ2) is 7.21. The molecular formula is C12H12O6. The van der Waals surface area contributed by atoms with E-state index in [1.54, 1.807) is 12.1 Å². The average Bonchev–Trinajstić information content (AvgIpc) is 3.07. The van der Waals surface area contributed by atoms with Gasteiger partial charge in [-0.25, -0.2) is 0 Å². The molecule has 18 heavy (non-hydrogen) atoms. The third kappa shape index (κ3) is 4.00. The number of hydrogen-bond acceptors (Lipinski definition) is 6. The normalized spacial score (nSPS) is 9.44. The standard InChI is InChI=1S/2C6H6O3/c2*7-3-5-1-2-6(4-8)9-5/h2*1-3,8H,4H2. The Morgan fingerprint density at radius 1 is 0.833 bits per heavy atom. The molecule has 0 bridgehead atoms. The molecule has 2 aromatic heterocycles. The molecular weight excluding hydrogens is 240 g/mol. The van der Waals surface area contributed by atoms with E-state index in [0.29, 0.717) is 24.1 Å². The van der Waals surface area contributed by atoms with E-state index in [1.165, 1.54) is 12.1 Å². The second-order valence-electron chi connectivity index (χ2n) is 3.16. The molecule has 0 amide bonds. The van der Waals surface area contributed by atoms with Gasteiger partial charge in [-0.05, 0) is 24.3 Å². The van der Waals surface area contributed by atoms with Crippen molar-refractivity contribution in [2.75, 3.05) is 0 Å². The maximum Gasteiger partial charge on any atom is 0.185 e. The molecule has 2 rings (SSSR count). The Hall–Kier alpha value is -2.18. The molecule has 2 aromatic rings. The van der Waals surface area contributed by atoms with Gasteiger partial charge in [0.05, 0.1) is 0 Å². The van der Waals surface area contributed by atoms with Crippen LogP contribution in [-0.4, -0.2) is 22.8 Å². The number of hydrogen-bond donors (Lipinski definition) is 2. The SMILES string of the molecule is O=Cc1ccc(CO)o1.O=Cc1ccc(CO)o1. The van der Waals surface area contributed by atoms with Gasteiger partial charge in [0, 0.05) is 0 Å². The summed E-state index contributed by atoms with van der Waals surface area (Å²) in [6.45, 7) is -0.318. The van der Waals surface area contributed by atoms with Crippen LogP contribution in [0.2, 0.25) is 0 Å². The minimum absolute atomic E-state index is 0.159. The van der Waals surface area contributed by atoms with Gasteiger partial charge in [0.15, 0.2) is 24.1 Å². The molecule has 0 aromatic carbocycles. The van der Waals surface area contributed by atoms with Crippen LogP contribution in [0.25, 0.3) is 0 Å². The van der Waals surface area contributed by atoms with Gasteiger partial charge >= 0.3 is 0 Å². The quantitative estimate of drug-likeness (QED) is 0.792. The first-order valence-electron chi connectivity index (χ1n) is 5.03. The lowest BCUT2D eigenvalue weighted by molar-refractivity contribution is 0.108. The zero-order chi connectivity index (χ0) is 13.4. The molecule has 0 fully saturated rings. The molecule has 2 N–H and O–H groups in total. The molecule has 0 aliphatic carbocycles. The topological polar surface area (TPSA) is 101 Å². The maximum absolute atomic E-state index is 9.96. The van der Waals surface area contributed by atoms with Gasteiger partial charge in [0.25, 0.3) is 0 Å². The number of rotatable bonds is 4. The van der Waals surface area contributed by atoms with Gasteiger partial charge in [0.2, 0.25) is 0 Å². The third-order valence-corrected chi connectivity index (χ3v) is 1.91. The summed E-state index contributed by atoms with van der Waals surface area (Å²) in [6, 6.07) is 6.14. The second-order valence-corrected chi connectivity index (χ2v) is 3.16. The van der Waals surface area contributed by atoms with E-state index >= 15 is 0 Å². The van der Waals surface area contributed by atoms with Crippen molar-refractivity contribution in [1.29, 1.82) is 0 Å². The van der Waals surface area contributed by atoms with Crippen molar-refractivity contribution in [1.82, 2.24) is 0 Å². The van der Waals surface area contributed by atoms with E-state index in [0.717, 1.165) is 0 Å². The van der Waals surface area contributed by atoms with E-state index in [2.05, 4.69) is 0 Å². The van der Waals surface area contributed by atoms with Crippen LogP contribution in [0, 0.1) is 0 Å². The monoisotopic (exact) mass is 252 g/mol. The Labute approximate surface area is 102 Å². The van der Waals surface area contributed by atoms with E-state index in [1.807, 2.05) is 0 Å². The highest BCUT2D eigenvalue weighted by molar-refractivity contribution is 5.70. The number of aldehydes is 2. The Morgan fingerprint density at radius 3 is 1.39 bits per heavy atom. The van der Waals surface area contributed by atoms with Crippen molar-refractivity contribution in [3.63, 3.8) is 0 Å². The predicted octanol–water partition coefficient (Wildman–Crippen LogP) is 1.17. The van der Waals surface area contributed by atoms with Crippen molar-refractivity contribution in [2.45, 2.75) is 13.2 Å². The van der Waals surface area contributed by atoms with Crippen molar-refractivity contribution in [3.05, 3.63) is 47.3 Å². The first-order valence-corrected chi connectivity index (χ1v) is 5.03. The largest absolute Gasteiger partial charge is 0.456 e. The molecule has 0 aliphatic heterocycles. The van der Waals surface area contributed by atoms with Crippen molar-refractivity contribution < 1.29 is 28.6 Å². The number of aliphatic hydroxyl groups excluding tert-OH is 2. The first-order chi connectivity index (χ1) is 8.73. The van der Waals surface area contributed by atoms with Gasteiger partial charge in [0.1, 0.15) is 24.7 Å². The van der Waals surface area contributed by atoms with Crippen LogP contribution in [0.4, 0.5) is 0 Å². The summed E-state index contributed by atoms with van der Waals surface area (Å²) in [5.74, 6) is 1.33. The van der Waals surface area contributed by atoms with E-state index < -0.39 is 0 Å². The van der Waals surface area contributed by atoms with Crippen LogP contribution in [0.5, 0.6) is 0 Å². The van der Waals surface area contributed by atoms with Crippen molar-refractivity contribution >= 4 is 12.6 Å². The highest BCUT2D eigenvalue weighted by atomic mass is 16.4. The Balaban J connectivity index is 0.000000180. The smallest absolute Gasteiger partial charge is 0.185 e. The molecule has 0 saturated carbocycles. The average molecular weight is 252 g/mol. The van der Waals surface area contributed by atoms with Gasteiger partial charge in [-0.15, -0.1) is 0 Å². The molecule has 0 unspecified atom stereocenters. The lowest BCUT2D eigenvalue weighted by Crippen LogP contribution is -1.74. The molecule has 0 spiro atoms. The van der Waals surface area contributed by atoms with Crippen LogP contribution >= 0.6 is 0 Å². The van der Waals surface area contributed by atoms with E-state index in [9.17, 15) is 9.59 Å². The molecule has 6 heteroatoms. The molecule has 0 atom stereocenters. The minimum atomic E-state index is -0.159. The van der Waals surface area contributed by atoms with Crippen molar-refractivity contribution in [3.8, 4) is 0 Å². The van der Waals surface area contributed by atoms with Crippen LogP contribution in [0.15, 0.2) is 33.1 Å². The fourth-order valence-electron chi connectivity index (χ4n) is 1.09. The third-order valence-electron chi connectivity index (χ3n) is 1.91. The van der Waals surface area contributed by atoms with E-state index in [4.69, 9.17) is 19.0 Å². The van der Waals surface area contributed by atoms with Gasteiger partial charge in [-0.3, -0.25) is 9.59 Å². The summed E-state index contributed by atoms with van der Waals surface area (Å²) in [6.07, 6.45) is 1.19. The van der Waals surface area contributed by atoms with Crippen LogP contribution in [0.3, 0.4) is 0 Å². The fraction of sp³-hybridized carbons (Fsp3) is 0.167. The number of carbonyl (C=O) groups excluding carboxylic acids is 2. The maximum atomic E-state index is 9.96. The summed E-state index contributed by atoms with van der Waals surface area (Å²) in [5.41, 5.74) is 0. The predicted molar refractivity (Wildman–Crippen MR) is 60.0 cm³/mol. The molecule has 96 valence electrons. The zero-order valence-electron chi connectivity index (χ0n) is 9.41. The summed E-state index contributed by atoms with van der Waals surface area (Å²) >= 11 is 0. The number of aliphatic hydroxyl groups is 2. The number of carbonyl (C=O) groups is 2. The molecule has 0 saturated heterocycles. The minimum Gasteiger partial charge on any atom is -0.456 e. The Morgan fingerprint density at radius 2 is 1.22 bits per heavy atom. The summed E-state index contributed by atoms with van der Waals surface area (Å²) in [5, 5.41) is 16.9. The highest BCUT2D eigenvalue weighted by Gasteiger charge is 1.97. The van der Waals surface area contributed by atoms with Crippen molar-refractivity contribution in [2.24, 2.45) is 0 Å². The summed E-state index contributed by atoms with van der Waals surface area (Å²) < 4.78 is 9.53. The molecule has 0 aliphatic rings. The molecule has 6 nitrogen and oxygen atoms in total. The number of furan rings is 2. The lowest BCUT2D eigenvalue weighted by atomic mass is 10.4. The van der Waals surface area contributed by atoms with Gasteiger partial charge in [-0.1, -0.05) is 0 Å². The first kappa shape index (κ1) is 13.9. The Kier molecular flexibility index (Phi) is 5.56. The van der Waals surface area contributed by atoms with Crippen LogP contribution in [0.1, 0.15) is 32.6 Å². The fourth-order valence-corrected chi connectivity index (χ4v) is 1.09. The summed E-state index contributed by atoms with van der Waals surface area (Å²) in [4.78, 5) is 19.9. The highest BCUT2D eigenvalue weighted by Crippen LogP contribution is 2.04. The molecule has 2 heterocycles. The van der Waals surface area contributed by atoms with Crippen LogP contribution < -0.4 is 0 Å². The van der Waals surface area contributed by atoms with E-state index in [-0.39, 0.29) is 24.7 Å².